The highest BCUT2D eigenvalue weighted by Crippen LogP contribution is 2.19. The number of aryl methyl sites for hydroxylation is 2. The molecule has 3 amide bonds. The third kappa shape index (κ3) is 6.47. The molecule has 3 heterocycles. The van der Waals surface area contributed by atoms with Gasteiger partial charge in [-0.2, -0.15) is 0 Å². The van der Waals surface area contributed by atoms with Gasteiger partial charge in [0.05, 0.1) is 16.9 Å². The quantitative estimate of drug-likeness (QED) is 0.214. The van der Waals surface area contributed by atoms with Crippen LogP contribution in [-0.2, 0) is 14.1 Å². The van der Waals surface area contributed by atoms with Crippen LogP contribution in [0.1, 0.15) is 55.8 Å². The van der Waals surface area contributed by atoms with Crippen LogP contribution in [0.25, 0.3) is 23.1 Å². The lowest BCUT2D eigenvalue weighted by Crippen LogP contribution is -2.25. The number of amides is 3. The fraction of sp³-hybridized carbons (Fsp3) is 0.152. The van der Waals surface area contributed by atoms with E-state index < -0.39 is 0 Å². The molecule has 0 atom stereocenters. The Labute approximate surface area is 243 Å². The number of rotatable bonds is 9. The smallest absolute Gasteiger partial charge is 0.272 e. The second kappa shape index (κ2) is 12.4. The van der Waals surface area contributed by atoms with Crippen molar-refractivity contribution in [2.45, 2.75) is 13.3 Å². The van der Waals surface area contributed by atoms with Gasteiger partial charge in [0.15, 0.2) is 0 Å². The molecule has 2 aromatic carbocycles. The zero-order valence-corrected chi connectivity index (χ0v) is 23.7. The first-order chi connectivity index (χ1) is 20.3. The number of aromatic nitrogens is 3. The predicted molar refractivity (Wildman–Crippen MR) is 166 cm³/mol. The Morgan fingerprint density at radius 1 is 0.762 bits per heavy atom. The molecule has 42 heavy (non-hydrogen) atoms. The summed E-state index contributed by atoms with van der Waals surface area (Å²) in [6, 6.07) is 20.6. The summed E-state index contributed by atoms with van der Waals surface area (Å²) in [7, 11) is 3.48. The standard InChI is InChI=1S/C33H32N6O3/c1-4-15-34-32(41)29-17-27(21-38(29)2)37-33(42)30-18-26(20-39(30)3)36-31(40)24-13-11-22(12-14-24)9-10-23-16-25-7-5-6-8-28(25)35-19-23/h5-14,16-21H,4,15H2,1-3H3,(H,34,41)(H,36,40)(H,37,42). The largest absolute Gasteiger partial charge is 0.351 e. The van der Waals surface area contributed by atoms with Crippen LogP contribution in [0.4, 0.5) is 11.4 Å². The van der Waals surface area contributed by atoms with Crippen molar-refractivity contribution in [1.82, 2.24) is 19.4 Å². The van der Waals surface area contributed by atoms with Crippen LogP contribution in [0.3, 0.4) is 0 Å². The average molecular weight is 561 g/mol. The Morgan fingerprint density at radius 2 is 1.38 bits per heavy atom. The Kier molecular flexibility index (Phi) is 8.29. The molecule has 0 unspecified atom stereocenters. The van der Waals surface area contributed by atoms with Crippen LogP contribution in [-0.4, -0.2) is 38.4 Å². The van der Waals surface area contributed by atoms with E-state index in [2.05, 4.69) is 27.0 Å². The molecule has 0 saturated heterocycles. The SMILES string of the molecule is CCCNC(=O)c1cc(NC(=O)c2cc(NC(=O)c3ccc(C=Cc4cnc5ccccc5c4)cc3)cn2C)cn1C. The van der Waals surface area contributed by atoms with Crippen molar-refractivity contribution >= 4 is 52.2 Å². The summed E-state index contributed by atoms with van der Waals surface area (Å²) < 4.78 is 3.30. The van der Waals surface area contributed by atoms with Gasteiger partial charge in [-0.3, -0.25) is 19.4 Å². The molecule has 0 saturated carbocycles. The molecule has 0 radical (unpaired) electrons. The van der Waals surface area contributed by atoms with E-state index in [0.717, 1.165) is 28.5 Å². The third-order valence-electron chi connectivity index (χ3n) is 6.78. The van der Waals surface area contributed by atoms with Crippen molar-refractivity contribution < 1.29 is 14.4 Å². The number of fused-ring (bicyclic) bond motifs is 1. The predicted octanol–water partition coefficient (Wildman–Crippen LogP) is 5.73. The Hall–Kier alpha value is -5.44. The molecule has 9 nitrogen and oxygen atoms in total. The van der Waals surface area contributed by atoms with E-state index in [1.165, 1.54) is 0 Å². The number of hydrogen-bond acceptors (Lipinski definition) is 4. The number of anilines is 2. The van der Waals surface area contributed by atoms with Gasteiger partial charge in [0.25, 0.3) is 17.7 Å². The van der Waals surface area contributed by atoms with Crippen LogP contribution in [0, 0.1) is 0 Å². The third-order valence-corrected chi connectivity index (χ3v) is 6.78. The molecule has 0 spiro atoms. The summed E-state index contributed by atoms with van der Waals surface area (Å²) in [5, 5.41) is 9.59. The highest BCUT2D eigenvalue weighted by Gasteiger charge is 2.17. The number of hydrogen-bond donors (Lipinski definition) is 3. The topological polar surface area (TPSA) is 110 Å². The molecule has 0 aliphatic heterocycles. The maximum Gasteiger partial charge on any atom is 0.272 e. The highest BCUT2D eigenvalue weighted by molar-refractivity contribution is 6.07. The fourth-order valence-corrected chi connectivity index (χ4v) is 4.56. The second-order valence-corrected chi connectivity index (χ2v) is 10.0. The van der Waals surface area contributed by atoms with E-state index in [9.17, 15) is 14.4 Å². The van der Waals surface area contributed by atoms with Gasteiger partial charge in [-0.25, -0.2) is 0 Å². The first-order valence-electron chi connectivity index (χ1n) is 13.7. The van der Waals surface area contributed by atoms with Gasteiger partial charge in [-0.15, -0.1) is 0 Å². The van der Waals surface area contributed by atoms with E-state index >= 15 is 0 Å². The molecule has 9 heteroatoms. The highest BCUT2D eigenvalue weighted by atomic mass is 16.2. The fourth-order valence-electron chi connectivity index (χ4n) is 4.56. The number of nitrogens with zero attached hydrogens (tertiary/aromatic N) is 3. The van der Waals surface area contributed by atoms with Gasteiger partial charge in [0.2, 0.25) is 0 Å². The minimum atomic E-state index is -0.359. The van der Waals surface area contributed by atoms with Crippen LogP contribution < -0.4 is 16.0 Å². The number of para-hydroxylation sites is 1. The molecule has 5 aromatic rings. The summed E-state index contributed by atoms with van der Waals surface area (Å²) >= 11 is 0. The molecular formula is C33H32N6O3. The van der Waals surface area contributed by atoms with Crippen LogP contribution in [0.5, 0.6) is 0 Å². The van der Waals surface area contributed by atoms with Crippen LogP contribution >= 0.6 is 0 Å². The molecule has 3 N–H and O–H groups in total. The zero-order valence-electron chi connectivity index (χ0n) is 23.7. The van der Waals surface area contributed by atoms with Gasteiger partial charge in [-0.05, 0) is 53.9 Å². The van der Waals surface area contributed by atoms with E-state index in [1.807, 2.05) is 61.7 Å². The molecule has 0 bridgehead atoms. The number of carbonyl (C=O) groups is 3. The maximum absolute atomic E-state index is 13.0. The summed E-state index contributed by atoms with van der Waals surface area (Å²) in [6.45, 7) is 2.56. The summed E-state index contributed by atoms with van der Waals surface area (Å²) in [6.07, 6.45) is 9.99. The number of nitrogens with one attached hydrogen (secondary N) is 3. The van der Waals surface area contributed by atoms with Crippen molar-refractivity contribution in [3.05, 3.63) is 113 Å². The monoisotopic (exact) mass is 560 g/mol. The number of carbonyl (C=O) groups excluding carboxylic acids is 3. The summed E-state index contributed by atoms with van der Waals surface area (Å²) in [5.74, 6) is -0.843. The number of pyridine rings is 1. The first kappa shape index (κ1) is 28.1. The van der Waals surface area contributed by atoms with Crippen molar-refractivity contribution in [3.8, 4) is 0 Å². The lowest BCUT2D eigenvalue weighted by Gasteiger charge is -2.03. The molecule has 212 valence electrons. The van der Waals surface area contributed by atoms with E-state index in [4.69, 9.17) is 0 Å². The zero-order chi connectivity index (χ0) is 29.6. The molecule has 5 rings (SSSR count). The minimum Gasteiger partial charge on any atom is -0.351 e. The first-order valence-corrected chi connectivity index (χ1v) is 13.7. The summed E-state index contributed by atoms with van der Waals surface area (Å²) in [4.78, 5) is 42.7. The average Bonchev–Trinajstić information content (AvgIpc) is 3.55. The van der Waals surface area contributed by atoms with Crippen molar-refractivity contribution in [3.63, 3.8) is 0 Å². The lowest BCUT2D eigenvalue weighted by molar-refractivity contribution is 0.0944. The second-order valence-electron chi connectivity index (χ2n) is 10.0. The van der Waals surface area contributed by atoms with Crippen molar-refractivity contribution in [1.29, 1.82) is 0 Å². The molecule has 0 aliphatic rings. The van der Waals surface area contributed by atoms with E-state index in [0.29, 0.717) is 34.9 Å². The molecule has 0 aliphatic carbocycles. The van der Waals surface area contributed by atoms with Gasteiger partial charge < -0.3 is 25.1 Å². The molecule has 3 aromatic heterocycles. The Balaban J connectivity index is 1.20. The van der Waals surface area contributed by atoms with Gasteiger partial charge in [-0.1, -0.05) is 49.4 Å². The van der Waals surface area contributed by atoms with Gasteiger partial charge >= 0.3 is 0 Å². The minimum absolute atomic E-state index is 0.199. The van der Waals surface area contributed by atoms with Crippen LogP contribution in [0.2, 0.25) is 0 Å². The Bertz CT molecular complexity index is 1800. The van der Waals surface area contributed by atoms with Crippen molar-refractivity contribution in [2.75, 3.05) is 17.2 Å². The molecule has 0 fully saturated rings. The summed E-state index contributed by atoms with van der Waals surface area (Å²) in [5.41, 5.74) is 5.19. The van der Waals surface area contributed by atoms with E-state index in [1.54, 1.807) is 59.9 Å². The number of benzene rings is 2. The maximum atomic E-state index is 13.0. The molecular weight excluding hydrogens is 528 g/mol. The Morgan fingerprint density at radius 3 is 2.07 bits per heavy atom. The van der Waals surface area contributed by atoms with Gasteiger partial charge in [0, 0.05) is 50.2 Å². The van der Waals surface area contributed by atoms with E-state index in [-0.39, 0.29) is 17.7 Å². The normalized spacial score (nSPS) is 11.1. The van der Waals surface area contributed by atoms with Gasteiger partial charge in [0.1, 0.15) is 11.4 Å². The lowest BCUT2D eigenvalue weighted by atomic mass is 10.1. The van der Waals surface area contributed by atoms with Crippen LogP contribution in [0.15, 0.2) is 85.3 Å². The van der Waals surface area contributed by atoms with Crippen molar-refractivity contribution in [2.24, 2.45) is 14.1 Å².